The Labute approximate surface area is 169 Å². The zero-order valence-corrected chi connectivity index (χ0v) is 16.4. The Hall–Kier alpha value is -3.02. The number of methoxy groups -OCH3 is 1. The number of ether oxygens (including phenoxy) is 4. The summed E-state index contributed by atoms with van der Waals surface area (Å²) in [7, 11) is 1.57. The lowest BCUT2D eigenvalue weighted by Gasteiger charge is -2.28. The van der Waals surface area contributed by atoms with Gasteiger partial charge in [0.05, 0.1) is 12.5 Å². The largest absolute Gasteiger partial charge is 0.497 e. The van der Waals surface area contributed by atoms with E-state index in [1.165, 1.54) is 0 Å². The minimum atomic E-state index is -0.740. The Balaban J connectivity index is 1.49. The molecule has 0 atom stereocenters. The van der Waals surface area contributed by atoms with Crippen LogP contribution in [0.25, 0.3) is 0 Å². The maximum atomic E-state index is 13.1. The number of carbonyl (C=O) groups excluding carboxylic acids is 2. The Kier molecular flexibility index (Phi) is 5.43. The zero-order chi connectivity index (χ0) is 20.3. The molecule has 2 aromatic carbocycles. The van der Waals surface area contributed by atoms with E-state index in [-0.39, 0.29) is 18.4 Å². The molecule has 1 saturated carbocycles. The van der Waals surface area contributed by atoms with Gasteiger partial charge in [-0.05, 0) is 54.8 Å². The Bertz CT molecular complexity index is 896. The van der Waals surface area contributed by atoms with Crippen LogP contribution in [0.3, 0.4) is 0 Å². The van der Waals surface area contributed by atoms with E-state index in [9.17, 15) is 9.59 Å². The minimum Gasteiger partial charge on any atom is -0.497 e. The van der Waals surface area contributed by atoms with Gasteiger partial charge in [0.2, 0.25) is 0 Å². The molecule has 0 unspecified atom stereocenters. The fraction of sp³-hybridized carbons (Fsp3) is 0.391. The van der Waals surface area contributed by atoms with Crippen LogP contribution in [0.1, 0.15) is 41.6 Å². The van der Waals surface area contributed by atoms with Crippen LogP contribution in [-0.4, -0.2) is 38.7 Å². The number of benzene rings is 2. The Morgan fingerprint density at radius 3 is 2.34 bits per heavy atom. The van der Waals surface area contributed by atoms with Crippen molar-refractivity contribution in [3.8, 4) is 17.2 Å². The molecule has 0 N–H and O–H groups in total. The van der Waals surface area contributed by atoms with Crippen LogP contribution in [0.15, 0.2) is 42.5 Å². The number of hydrogen-bond acceptors (Lipinski definition) is 6. The highest BCUT2D eigenvalue weighted by Crippen LogP contribution is 2.45. The van der Waals surface area contributed by atoms with Crippen molar-refractivity contribution in [3.63, 3.8) is 0 Å². The van der Waals surface area contributed by atoms with Gasteiger partial charge in [0.1, 0.15) is 19.0 Å². The highest BCUT2D eigenvalue weighted by molar-refractivity contribution is 5.98. The molecule has 4 rings (SSSR count). The predicted octanol–water partition coefficient (Wildman–Crippen LogP) is 3.70. The summed E-state index contributed by atoms with van der Waals surface area (Å²) in [6.07, 6.45) is 3.27. The summed E-state index contributed by atoms with van der Waals surface area (Å²) in [5.41, 5.74) is 0.607. The van der Waals surface area contributed by atoms with Gasteiger partial charge in [-0.3, -0.25) is 9.59 Å². The number of hydrogen-bond donors (Lipinski definition) is 0. The molecule has 0 radical (unpaired) electrons. The van der Waals surface area contributed by atoms with E-state index in [0.29, 0.717) is 48.9 Å². The lowest BCUT2D eigenvalue weighted by molar-refractivity contribution is -0.149. The Morgan fingerprint density at radius 2 is 1.66 bits per heavy atom. The molecule has 29 heavy (non-hydrogen) atoms. The second-order valence-corrected chi connectivity index (χ2v) is 7.38. The lowest BCUT2D eigenvalue weighted by Crippen LogP contribution is -2.36. The van der Waals surface area contributed by atoms with Crippen molar-refractivity contribution in [2.75, 3.05) is 26.9 Å². The number of ketones is 1. The first-order chi connectivity index (χ1) is 14.1. The van der Waals surface area contributed by atoms with Crippen LogP contribution in [0.2, 0.25) is 0 Å². The summed E-state index contributed by atoms with van der Waals surface area (Å²) in [6, 6.07) is 12.4. The first kappa shape index (κ1) is 19.3. The molecule has 6 nitrogen and oxygen atoms in total. The molecule has 0 bridgehead atoms. The second-order valence-electron chi connectivity index (χ2n) is 7.38. The number of rotatable bonds is 6. The van der Waals surface area contributed by atoms with Gasteiger partial charge in [-0.25, -0.2) is 0 Å². The van der Waals surface area contributed by atoms with E-state index < -0.39 is 5.41 Å². The smallest absolute Gasteiger partial charge is 0.317 e. The third-order valence-electron chi connectivity index (χ3n) is 5.69. The standard InChI is InChI=1S/C23H24O6/c1-26-18-7-4-16(5-8-18)19(24)15-29-22(25)23(10-2-3-11-23)17-6-9-20-21(14-17)28-13-12-27-20/h4-9,14H,2-3,10-13,15H2,1H3. The molecule has 0 amide bonds. The summed E-state index contributed by atoms with van der Waals surface area (Å²) in [5.74, 6) is 1.42. The molecule has 2 aromatic rings. The van der Waals surface area contributed by atoms with Gasteiger partial charge in [0, 0.05) is 5.56 Å². The predicted molar refractivity (Wildman–Crippen MR) is 106 cm³/mol. The molecule has 1 fully saturated rings. The summed E-state index contributed by atoms with van der Waals surface area (Å²) >= 11 is 0. The van der Waals surface area contributed by atoms with Crippen molar-refractivity contribution in [2.45, 2.75) is 31.1 Å². The van der Waals surface area contributed by atoms with Gasteiger partial charge < -0.3 is 18.9 Å². The molecule has 1 heterocycles. The number of Topliss-reactive ketones (excluding diaryl/α,β-unsaturated/α-hetero) is 1. The van der Waals surface area contributed by atoms with E-state index in [2.05, 4.69) is 0 Å². The summed E-state index contributed by atoms with van der Waals surface area (Å²) in [4.78, 5) is 25.5. The fourth-order valence-corrected chi connectivity index (χ4v) is 4.06. The summed E-state index contributed by atoms with van der Waals surface area (Å²) in [5, 5.41) is 0. The lowest BCUT2D eigenvalue weighted by atomic mass is 9.78. The molecule has 152 valence electrons. The van der Waals surface area contributed by atoms with Crippen LogP contribution in [-0.2, 0) is 14.9 Å². The first-order valence-electron chi connectivity index (χ1n) is 9.87. The van der Waals surface area contributed by atoms with Crippen LogP contribution in [0.5, 0.6) is 17.2 Å². The average Bonchev–Trinajstić information content (AvgIpc) is 3.28. The van der Waals surface area contributed by atoms with Crippen molar-refractivity contribution in [2.24, 2.45) is 0 Å². The second kappa shape index (κ2) is 8.15. The third-order valence-corrected chi connectivity index (χ3v) is 5.69. The monoisotopic (exact) mass is 396 g/mol. The molecule has 1 aliphatic heterocycles. The molecule has 0 saturated heterocycles. The molecule has 0 aromatic heterocycles. The molecule has 6 heteroatoms. The van der Waals surface area contributed by atoms with Gasteiger partial charge in [0.25, 0.3) is 0 Å². The fourth-order valence-electron chi connectivity index (χ4n) is 4.06. The van der Waals surface area contributed by atoms with Crippen LogP contribution in [0.4, 0.5) is 0 Å². The first-order valence-corrected chi connectivity index (χ1v) is 9.87. The SMILES string of the molecule is COc1ccc(C(=O)COC(=O)C2(c3ccc4c(c3)OCCO4)CCCC2)cc1. The van der Waals surface area contributed by atoms with E-state index in [1.54, 1.807) is 31.4 Å². The average molecular weight is 396 g/mol. The maximum Gasteiger partial charge on any atom is 0.317 e. The topological polar surface area (TPSA) is 71.1 Å². The molecule has 1 aliphatic carbocycles. The van der Waals surface area contributed by atoms with Crippen molar-refractivity contribution < 1.29 is 28.5 Å². The summed E-state index contributed by atoms with van der Waals surface area (Å²) < 4.78 is 21.9. The summed E-state index contributed by atoms with van der Waals surface area (Å²) in [6.45, 7) is 0.731. The van der Waals surface area contributed by atoms with Crippen molar-refractivity contribution >= 4 is 11.8 Å². The minimum absolute atomic E-state index is 0.240. The van der Waals surface area contributed by atoms with Crippen molar-refractivity contribution in [1.29, 1.82) is 0 Å². The van der Waals surface area contributed by atoms with Crippen LogP contribution >= 0.6 is 0 Å². The van der Waals surface area contributed by atoms with Gasteiger partial charge in [-0.2, -0.15) is 0 Å². The van der Waals surface area contributed by atoms with Crippen LogP contribution < -0.4 is 14.2 Å². The van der Waals surface area contributed by atoms with Crippen LogP contribution in [0, 0.1) is 0 Å². The molecule has 0 spiro atoms. The highest BCUT2D eigenvalue weighted by atomic mass is 16.6. The zero-order valence-electron chi connectivity index (χ0n) is 16.4. The van der Waals surface area contributed by atoms with Gasteiger partial charge in [-0.15, -0.1) is 0 Å². The molecule has 2 aliphatic rings. The quantitative estimate of drug-likeness (QED) is 0.548. The number of fused-ring (bicyclic) bond motifs is 1. The maximum absolute atomic E-state index is 13.1. The Morgan fingerprint density at radius 1 is 0.966 bits per heavy atom. The van der Waals surface area contributed by atoms with E-state index in [1.807, 2.05) is 18.2 Å². The van der Waals surface area contributed by atoms with Crippen molar-refractivity contribution in [1.82, 2.24) is 0 Å². The number of esters is 1. The van der Waals surface area contributed by atoms with Gasteiger partial charge in [-0.1, -0.05) is 18.9 Å². The number of carbonyl (C=O) groups is 2. The van der Waals surface area contributed by atoms with Gasteiger partial charge in [0.15, 0.2) is 23.9 Å². The van der Waals surface area contributed by atoms with Crippen molar-refractivity contribution in [3.05, 3.63) is 53.6 Å². The third kappa shape index (κ3) is 3.79. The molecular weight excluding hydrogens is 372 g/mol. The normalized spacial score (nSPS) is 16.9. The van der Waals surface area contributed by atoms with E-state index in [4.69, 9.17) is 18.9 Å². The van der Waals surface area contributed by atoms with E-state index in [0.717, 1.165) is 18.4 Å². The van der Waals surface area contributed by atoms with E-state index >= 15 is 0 Å². The van der Waals surface area contributed by atoms with Gasteiger partial charge >= 0.3 is 5.97 Å². The molecular formula is C23H24O6. The highest BCUT2D eigenvalue weighted by Gasteiger charge is 2.45.